The molecule has 2 heteroatoms. The molecule has 0 aromatic heterocycles. The highest BCUT2D eigenvalue weighted by molar-refractivity contribution is 7.19. The molecule has 0 unspecified atom stereocenters. The molecule has 0 atom stereocenters. The van der Waals surface area contributed by atoms with Crippen molar-refractivity contribution < 1.29 is 0 Å². The van der Waals surface area contributed by atoms with Gasteiger partial charge < -0.3 is 4.90 Å². The van der Waals surface area contributed by atoms with Crippen LogP contribution in [0.5, 0.6) is 0 Å². The van der Waals surface area contributed by atoms with Crippen molar-refractivity contribution in [2.45, 2.75) is 44.4 Å². The fraction of sp³-hybridized carbons (Fsp3) is 0.163. The zero-order valence-corrected chi connectivity index (χ0v) is 26.8. The van der Waals surface area contributed by atoms with E-state index in [-0.39, 0.29) is 0 Å². The monoisotopic (exact) mass is 597 g/mol. The van der Waals surface area contributed by atoms with Crippen molar-refractivity contribution in [3.8, 4) is 0 Å². The molecule has 45 heavy (non-hydrogen) atoms. The fourth-order valence-electron chi connectivity index (χ4n) is 8.09. The Morgan fingerprint density at radius 1 is 0.444 bits per heavy atom. The molecule has 1 nitrogen and oxygen atoms in total. The van der Waals surface area contributed by atoms with Gasteiger partial charge in [0.05, 0.1) is 0 Å². The second kappa shape index (κ2) is 12.0. The van der Waals surface area contributed by atoms with Crippen molar-refractivity contribution in [1.82, 2.24) is 0 Å². The molecule has 1 saturated carbocycles. The molecule has 0 amide bonds. The van der Waals surface area contributed by atoms with E-state index in [0.29, 0.717) is 5.92 Å². The van der Waals surface area contributed by atoms with E-state index in [4.69, 9.17) is 0 Å². The minimum absolute atomic E-state index is 0.691. The third-order valence-corrected chi connectivity index (χ3v) is 15.0. The van der Waals surface area contributed by atoms with Crippen molar-refractivity contribution in [1.29, 1.82) is 0 Å². The maximum atomic E-state index is 2.57. The molecule has 1 aliphatic heterocycles. The zero-order chi connectivity index (χ0) is 30.1. The van der Waals surface area contributed by atoms with E-state index in [1.165, 1.54) is 86.6 Å². The Morgan fingerprint density at radius 2 is 0.933 bits per heavy atom. The van der Waals surface area contributed by atoms with Gasteiger partial charge in [0.25, 0.3) is 0 Å². The molecule has 1 heterocycles. The third-order valence-electron chi connectivity index (χ3n) is 10.2. The highest BCUT2D eigenvalue weighted by atomic mass is 28.3. The summed E-state index contributed by atoms with van der Waals surface area (Å²) in [4.78, 5) is 2.50. The molecule has 0 N–H and O–H groups in total. The average molecular weight is 598 g/mol. The Hall–Kier alpha value is -4.66. The Kier molecular flexibility index (Phi) is 7.44. The van der Waals surface area contributed by atoms with Gasteiger partial charge in [-0.2, -0.15) is 0 Å². The summed E-state index contributed by atoms with van der Waals surface area (Å²) in [6.45, 7) is 0. The summed E-state index contributed by atoms with van der Waals surface area (Å²) in [5.41, 5.74) is 8.21. The standard InChI is InChI=1S/C43H39NSi/c1-6-16-33(17-7-1)34-26-28-42-35(30-34)31-36-32-41(27-29-43(36)44(42)37-18-8-2-9-19-37)45(38-20-10-3-11-21-38,39-22-12-4-13-23-39)40-24-14-5-15-25-40/h2-5,8-15,18-30,32-33H,1,6-7,16-17,31H2. The van der Waals surface area contributed by atoms with E-state index in [1.807, 2.05) is 0 Å². The molecule has 2 aliphatic rings. The second-order valence-corrected chi connectivity index (χ2v) is 16.6. The lowest BCUT2D eigenvalue weighted by atomic mass is 9.82. The third kappa shape index (κ3) is 4.94. The van der Waals surface area contributed by atoms with Gasteiger partial charge in [0.2, 0.25) is 0 Å². The van der Waals surface area contributed by atoms with Crippen molar-refractivity contribution in [2.24, 2.45) is 0 Å². The number of hydrogen-bond acceptors (Lipinski definition) is 1. The smallest absolute Gasteiger partial charge is 0.179 e. The van der Waals surface area contributed by atoms with E-state index in [2.05, 4.69) is 163 Å². The van der Waals surface area contributed by atoms with Crippen LogP contribution in [0.3, 0.4) is 0 Å². The van der Waals surface area contributed by atoms with Gasteiger partial charge >= 0.3 is 0 Å². The summed E-state index contributed by atoms with van der Waals surface area (Å²) in [5.74, 6) is 0.691. The molecule has 6 aromatic carbocycles. The lowest BCUT2D eigenvalue weighted by molar-refractivity contribution is 0.443. The maximum Gasteiger partial charge on any atom is 0.179 e. The van der Waals surface area contributed by atoms with Crippen LogP contribution in [0.4, 0.5) is 17.1 Å². The number of rotatable bonds is 6. The molecule has 220 valence electrons. The number of anilines is 3. The van der Waals surface area contributed by atoms with E-state index < -0.39 is 8.07 Å². The van der Waals surface area contributed by atoms with Crippen LogP contribution in [0, 0.1) is 0 Å². The average Bonchev–Trinajstić information content (AvgIpc) is 3.13. The normalized spacial score (nSPS) is 14.9. The predicted octanol–water partition coefficient (Wildman–Crippen LogP) is 8.49. The predicted molar refractivity (Wildman–Crippen MR) is 193 cm³/mol. The molecule has 0 spiro atoms. The van der Waals surface area contributed by atoms with Crippen molar-refractivity contribution in [2.75, 3.05) is 4.90 Å². The van der Waals surface area contributed by atoms with Crippen LogP contribution in [0.2, 0.25) is 0 Å². The van der Waals surface area contributed by atoms with Crippen LogP contribution < -0.4 is 25.6 Å². The summed E-state index contributed by atoms with van der Waals surface area (Å²) < 4.78 is 0. The first-order chi connectivity index (χ1) is 22.3. The summed E-state index contributed by atoms with van der Waals surface area (Å²) >= 11 is 0. The molecule has 8 rings (SSSR count). The van der Waals surface area contributed by atoms with Gasteiger partial charge in [0.1, 0.15) is 0 Å². The second-order valence-electron chi connectivity index (χ2n) is 12.8. The van der Waals surface area contributed by atoms with Gasteiger partial charge in [-0.15, -0.1) is 0 Å². The summed E-state index contributed by atoms with van der Waals surface area (Å²) in [5, 5.41) is 5.68. The van der Waals surface area contributed by atoms with Crippen LogP contribution in [-0.4, -0.2) is 8.07 Å². The van der Waals surface area contributed by atoms with Crippen LogP contribution in [0.15, 0.2) is 158 Å². The molecule has 1 fully saturated rings. The first kappa shape index (κ1) is 27.9. The molecule has 0 radical (unpaired) electrons. The number of para-hydroxylation sites is 1. The van der Waals surface area contributed by atoms with Crippen LogP contribution in [0.25, 0.3) is 0 Å². The number of nitrogens with zero attached hydrogens (tertiary/aromatic N) is 1. The molecule has 0 saturated heterocycles. The summed E-state index contributed by atoms with van der Waals surface area (Å²) in [6.07, 6.45) is 7.69. The number of fused-ring (bicyclic) bond motifs is 2. The highest BCUT2D eigenvalue weighted by Gasteiger charge is 2.42. The minimum Gasteiger partial charge on any atom is -0.310 e. The molecule has 1 aliphatic carbocycles. The lowest BCUT2D eigenvalue weighted by Gasteiger charge is -2.38. The van der Waals surface area contributed by atoms with Gasteiger partial charge in [0.15, 0.2) is 8.07 Å². The maximum absolute atomic E-state index is 2.61. The molecule has 6 aromatic rings. The van der Waals surface area contributed by atoms with Crippen molar-refractivity contribution >= 4 is 45.9 Å². The van der Waals surface area contributed by atoms with Crippen LogP contribution in [0.1, 0.15) is 54.7 Å². The lowest BCUT2D eigenvalue weighted by Crippen LogP contribution is -2.74. The van der Waals surface area contributed by atoms with Crippen LogP contribution >= 0.6 is 0 Å². The Labute approximate surface area is 268 Å². The quantitative estimate of drug-likeness (QED) is 0.137. The Balaban J connectivity index is 1.35. The summed E-state index contributed by atoms with van der Waals surface area (Å²) in [6, 6.07) is 59.5. The van der Waals surface area contributed by atoms with Gasteiger partial charge in [-0.3, -0.25) is 0 Å². The van der Waals surface area contributed by atoms with Gasteiger partial charge in [-0.05, 0) is 80.5 Å². The highest BCUT2D eigenvalue weighted by Crippen LogP contribution is 2.45. The largest absolute Gasteiger partial charge is 0.310 e. The van der Waals surface area contributed by atoms with Crippen LogP contribution in [-0.2, 0) is 6.42 Å². The zero-order valence-electron chi connectivity index (χ0n) is 25.8. The number of benzene rings is 6. The first-order valence-electron chi connectivity index (χ1n) is 16.6. The molecular weight excluding hydrogens is 559 g/mol. The number of hydrogen-bond donors (Lipinski definition) is 0. The van der Waals surface area contributed by atoms with Crippen molar-refractivity contribution in [3.05, 3.63) is 174 Å². The SMILES string of the molecule is c1ccc(N2c3ccc(C4CCCCC4)cc3Cc3cc([Si](c4ccccc4)(c4ccccc4)c4ccccc4)ccc32)cc1. The van der Waals surface area contributed by atoms with Gasteiger partial charge in [0, 0.05) is 23.5 Å². The molecule has 0 bridgehead atoms. The van der Waals surface area contributed by atoms with E-state index in [1.54, 1.807) is 0 Å². The van der Waals surface area contributed by atoms with E-state index >= 15 is 0 Å². The van der Waals surface area contributed by atoms with Crippen molar-refractivity contribution in [3.63, 3.8) is 0 Å². The Morgan fingerprint density at radius 3 is 1.49 bits per heavy atom. The Bertz CT molecular complexity index is 1800. The first-order valence-corrected chi connectivity index (χ1v) is 18.6. The molecular formula is C43H39NSi. The van der Waals surface area contributed by atoms with Gasteiger partial charge in [-0.1, -0.05) is 153 Å². The van der Waals surface area contributed by atoms with Gasteiger partial charge in [-0.25, -0.2) is 0 Å². The van der Waals surface area contributed by atoms with E-state index in [0.717, 1.165) is 6.42 Å². The topological polar surface area (TPSA) is 3.24 Å². The fourth-order valence-corrected chi connectivity index (χ4v) is 12.9. The van der Waals surface area contributed by atoms with E-state index in [9.17, 15) is 0 Å². The summed E-state index contributed by atoms with van der Waals surface area (Å²) in [7, 11) is -2.61. The minimum atomic E-state index is -2.61.